The van der Waals surface area contributed by atoms with Gasteiger partial charge in [-0.2, -0.15) is 0 Å². The normalized spacial score (nSPS) is 14.1. The van der Waals surface area contributed by atoms with E-state index in [-0.39, 0.29) is 13.7 Å². The van der Waals surface area contributed by atoms with Crippen molar-refractivity contribution in [1.29, 1.82) is 0 Å². The molecule has 5 N–H and O–H groups in total. The largest absolute Gasteiger partial charge is 0.353 e. The molecule has 0 atom stereocenters. The van der Waals surface area contributed by atoms with Crippen LogP contribution in [0.15, 0.2) is 91.5 Å². The molecule has 5 heterocycles. The third kappa shape index (κ3) is 13.3. The first-order valence-corrected chi connectivity index (χ1v) is 23.3. The van der Waals surface area contributed by atoms with Crippen molar-refractivity contribution >= 4 is 63.6 Å². The van der Waals surface area contributed by atoms with E-state index < -0.39 is 5.91 Å². The van der Waals surface area contributed by atoms with E-state index >= 15 is 0 Å². The molecule has 65 heavy (non-hydrogen) atoms. The first-order valence-electron chi connectivity index (χ1n) is 21.8. The van der Waals surface area contributed by atoms with Crippen LogP contribution in [0.5, 0.6) is 0 Å². The monoisotopic (exact) mass is 964 g/mol. The van der Waals surface area contributed by atoms with E-state index in [1.807, 2.05) is 63.6 Å². The highest BCUT2D eigenvalue weighted by Gasteiger charge is 2.26. The second-order valence-electron chi connectivity index (χ2n) is 15.4. The summed E-state index contributed by atoms with van der Waals surface area (Å²) >= 11 is 25.0. The molecule has 7 aromatic rings. The molecule has 2 fully saturated rings. The third-order valence-electron chi connectivity index (χ3n) is 11.0. The molecule has 2 aliphatic carbocycles. The Morgan fingerprint density at radius 2 is 1.28 bits per heavy atom. The SMILES string of the molecule is C.CCOC(C)OCC.Clc1ccc(Cl)c(-c2nc3ccccn3c2-c2nncn2C2CCCCC2)c1.NC1CCCCC1.NNC(=O)c1c(-c2cc(Cl)ccc2Cl)nc2ccccn12. The van der Waals surface area contributed by atoms with E-state index in [1.165, 1.54) is 51.4 Å². The predicted octanol–water partition coefficient (Wildman–Crippen LogP) is 12.3. The number of rotatable bonds is 9. The molecule has 0 unspecified atom stereocenters. The summed E-state index contributed by atoms with van der Waals surface area (Å²) < 4.78 is 16.0. The number of aromatic nitrogens is 7. The average Bonchev–Trinajstić information content (AvgIpc) is 4.05. The fourth-order valence-corrected chi connectivity index (χ4v) is 8.67. The molecule has 0 aliphatic heterocycles. The maximum absolute atomic E-state index is 12.1. The number of benzene rings is 2. The number of carbonyl (C=O) groups is 1. The first-order chi connectivity index (χ1) is 31.0. The Morgan fingerprint density at radius 3 is 1.82 bits per heavy atom. The van der Waals surface area contributed by atoms with Gasteiger partial charge in [0, 0.05) is 58.9 Å². The molecule has 9 rings (SSSR count). The molecule has 17 heteroatoms. The zero-order chi connectivity index (χ0) is 45.6. The van der Waals surface area contributed by atoms with Gasteiger partial charge in [0.15, 0.2) is 12.1 Å². The van der Waals surface area contributed by atoms with Crippen LogP contribution in [0.4, 0.5) is 0 Å². The number of hydrazine groups is 1. The van der Waals surface area contributed by atoms with Crippen molar-refractivity contribution in [2.45, 2.75) is 111 Å². The maximum Gasteiger partial charge on any atom is 0.284 e. The minimum absolute atomic E-state index is 0. The van der Waals surface area contributed by atoms with E-state index in [0.29, 0.717) is 54.8 Å². The number of ether oxygens (including phenoxy) is 2. The van der Waals surface area contributed by atoms with Crippen molar-refractivity contribution in [2.24, 2.45) is 11.6 Å². The maximum atomic E-state index is 12.1. The van der Waals surface area contributed by atoms with Gasteiger partial charge >= 0.3 is 0 Å². The van der Waals surface area contributed by atoms with Crippen LogP contribution in [0.25, 0.3) is 45.3 Å². The highest BCUT2D eigenvalue weighted by molar-refractivity contribution is 6.36. The van der Waals surface area contributed by atoms with Crippen molar-refractivity contribution < 1.29 is 14.3 Å². The van der Waals surface area contributed by atoms with Gasteiger partial charge in [-0.05, 0) is 107 Å². The lowest BCUT2D eigenvalue weighted by atomic mass is 9.95. The van der Waals surface area contributed by atoms with E-state index in [0.717, 1.165) is 54.5 Å². The van der Waals surface area contributed by atoms with Gasteiger partial charge in [-0.3, -0.25) is 19.0 Å². The van der Waals surface area contributed by atoms with Gasteiger partial charge in [0.05, 0.1) is 10.0 Å². The summed E-state index contributed by atoms with van der Waals surface area (Å²) in [5.41, 5.74) is 13.0. The second-order valence-corrected chi connectivity index (χ2v) is 17.1. The lowest BCUT2D eigenvalue weighted by Gasteiger charge is -2.24. The number of hydrogen-bond acceptors (Lipinski definition) is 9. The predicted molar refractivity (Wildman–Crippen MR) is 265 cm³/mol. The fourth-order valence-electron chi connectivity index (χ4n) is 7.91. The minimum Gasteiger partial charge on any atom is -0.353 e. The smallest absolute Gasteiger partial charge is 0.284 e. The lowest BCUT2D eigenvalue weighted by Crippen LogP contribution is -2.31. The van der Waals surface area contributed by atoms with Crippen LogP contribution < -0.4 is 17.0 Å². The molecule has 13 nitrogen and oxygen atoms in total. The zero-order valence-corrected chi connectivity index (χ0v) is 39.4. The van der Waals surface area contributed by atoms with E-state index in [1.54, 1.807) is 53.1 Å². The molecule has 2 saturated carbocycles. The number of nitrogens with one attached hydrogen (secondary N) is 1. The molecular formula is C48H60Cl4N10O3. The molecule has 0 bridgehead atoms. The number of imidazole rings is 2. The van der Waals surface area contributed by atoms with Gasteiger partial charge in [0.2, 0.25) is 0 Å². The van der Waals surface area contributed by atoms with E-state index in [9.17, 15) is 4.79 Å². The Hall–Kier alpha value is -4.57. The van der Waals surface area contributed by atoms with Crippen LogP contribution >= 0.6 is 46.4 Å². The summed E-state index contributed by atoms with van der Waals surface area (Å²) in [7, 11) is 0. The molecule has 1 amide bonds. The molecule has 0 saturated heterocycles. The van der Waals surface area contributed by atoms with Gasteiger partial charge in [-0.25, -0.2) is 15.8 Å². The Labute approximate surface area is 401 Å². The standard InChI is InChI=1S/C21H19Cl2N5.C14H10Cl2N4O.C6H13N.C6H14O2.CH4/c22-14-9-10-17(23)16(12-14)19-20(27-11-5-4-8-18(27)25-19)21-26-24-13-28(21)15-6-2-1-3-7-15;15-8-4-5-10(16)9(7-8)12-13(14(21)19-17)20-6-2-1-3-11(20)18-12;7-6-4-2-1-3-5-6;1-4-7-6(3)8-5-2;/h4-5,8-13,15H,1-3,6-7H2;1-7H,17H2,(H,19,21);6H,1-5,7H2;6H,4-5H2,1-3H3;1H4. The van der Waals surface area contributed by atoms with Gasteiger partial charge in [0.25, 0.3) is 5.91 Å². The molecular weight excluding hydrogens is 906 g/mol. The van der Waals surface area contributed by atoms with Crippen molar-refractivity contribution in [3.8, 4) is 34.0 Å². The summed E-state index contributed by atoms with van der Waals surface area (Å²) in [6, 6.07) is 22.7. The number of halogens is 4. The molecule has 348 valence electrons. The highest BCUT2D eigenvalue weighted by atomic mass is 35.5. The van der Waals surface area contributed by atoms with Crippen LogP contribution in [-0.2, 0) is 9.47 Å². The lowest BCUT2D eigenvalue weighted by molar-refractivity contribution is -0.123. The fraction of sp³-hybridized carbons (Fsp3) is 0.396. The summed E-state index contributed by atoms with van der Waals surface area (Å²) in [5, 5.41) is 10.9. The Balaban J connectivity index is 0.000000188. The minimum atomic E-state index is -0.459. The van der Waals surface area contributed by atoms with Gasteiger partial charge in [0.1, 0.15) is 40.4 Å². The van der Waals surface area contributed by atoms with Crippen LogP contribution in [0, 0.1) is 0 Å². The van der Waals surface area contributed by atoms with E-state index in [4.69, 9.17) is 72.4 Å². The summed E-state index contributed by atoms with van der Waals surface area (Å²) in [4.78, 5) is 21.4. The van der Waals surface area contributed by atoms with Crippen molar-refractivity contribution in [1.82, 2.24) is 39.0 Å². The Bertz CT molecular complexity index is 2580. The van der Waals surface area contributed by atoms with Crippen LogP contribution in [0.1, 0.15) is 109 Å². The quantitative estimate of drug-likeness (QED) is 0.0552. The second kappa shape index (κ2) is 25.4. The zero-order valence-electron chi connectivity index (χ0n) is 36.4. The van der Waals surface area contributed by atoms with E-state index in [2.05, 4.69) is 29.6 Å². The number of fused-ring (bicyclic) bond motifs is 2. The Morgan fingerprint density at radius 1 is 0.754 bits per heavy atom. The number of nitrogens with zero attached hydrogens (tertiary/aromatic N) is 7. The number of pyridine rings is 2. The third-order valence-corrected chi connectivity index (χ3v) is 12.1. The van der Waals surface area contributed by atoms with Gasteiger partial charge in [-0.1, -0.05) is 104 Å². The number of hydrogen-bond donors (Lipinski definition) is 3. The topological polar surface area (TPSA) is 165 Å². The summed E-state index contributed by atoms with van der Waals surface area (Å²) in [6.45, 7) is 7.25. The van der Waals surface area contributed by atoms with Crippen molar-refractivity contribution in [3.63, 3.8) is 0 Å². The van der Waals surface area contributed by atoms with Crippen LogP contribution in [0.3, 0.4) is 0 Å². The Kier molecular flexibility index (Phi) is 20.1. The van der Waals surface area contributed by atoms with Gasteiger partial charge < -0.3 is 19.8 Å². The van der Waals surface area contributed by atoms with Gasteiger partial charge in [-0.15, -0.1) is 10.2 Å². The number of nitrogen functional groups attached to an aromatic ring is 1. The molecule has 2 aliphatic rings. The summed E-state index contributed by atoms with van der Waals surface area (Å²) in [5.74, 6) is 5.63. The summed E-state index contributed by atoms with van der Waals surface area (Å²) in [6.07, 6.45) is 18.3. The molecule has 5 aromatic heterocycles. The number of carbonyl (C=O) groups excluding carboxylic acids is 1. The molecule has 2 aromatic carbocycles. The first kappa shape index (κ1) is 51.4. The highest BCUT2D eigenvalue weighted by Crippen LogP contribution is 2.39. The average molecular weight is 967 g/mol. The number of amides is 1. The number of nitrogens with two attached hydrogens (primary N) is 2. The van der Waals surface area contributed by atoms with Crippen LogP contribution in [-0.4, -0.2) is 65.0 Å². The van der Waals surface area contributed by atoms with Crippen molar-refractivity contribution in [2.75, 3.05) is 13.2 Å². The van der Waals surface area contributed by atoms with Crippen LogP contribution in [0.2, 0.25) is 20.1 Å². The molecule has 0 radical (unpaired) electrons. The van der Waals surface area contributed by atoms with Crippen molar-refractivity contribution in [3.05, 3.63) is 117 Å². The molecule has 0 spiro atoms.